The minimum absolute atomic E-state index is 0.149. The van der Waals surface area contributed by atoms with Gasteiger partial charge < -0.3 is 52.7 Å². The van der Waals surface area contributed by atoms with E-state index in [0.29, 0.717) is 12.8 Å². The second kappa shape index (κ2) is 19.3. The highest BCUT2D eigenvalue weighted by molar-refractivity contribution is 6.67. The van der Waals surface area contributed by atoms with Crippen LogP contribution in [0.2, 0.25) is 0 Å². The molecule has 9 atom stereocenters. The second-order valence-electron chi connectivity index (χ2n) is 14.3. The van der Waals surface area contributed by atoms with Gasteiger partial charge in [0.15, 0.2) is 30.5 Å². The zero-order valence-electron chi connectivity index (χ0n) is 32.2. The lowest BCUT2D eigenvalue weighted by Crippen LogP contribution is -2.67. The molecule has 0 unspecified atom stereocenters. The molecule has 4 fully saturated rings. The molecule has 22 heteroatoms. The third-order valence-corrected chi connectivity index (χ3v) is 10.2. The molecule has 1 saturated carbocycles. The zero-order chi connectivity index (χ0) is 42.5. The first-order valence-corrected chi connectivity index (χ1v) is 19.9. The summed E-state index contributed by atoms with van der Waals surface area (Å²) in [5.41, 5.74) is -0.477. The molecule has 3 aliphatic heterocycles. The van der Waals surface area contributed by atoms with Gasteiger partial charge in [-0.1, -0.05) is 65.1 Å². The number of nitrogens with zero attached hydrogens (tertiary/aromatic N) is 2. The standard InChI is InChI=1S/C37H44Cl3N3O16/c1-20(44)51-16-24-28(54-21(2)45)30(55-22(3)46)27(41-34(48)53-18-37(38,39)40)33(57-24)52-17-25-29-31(59-36(58-29)12-7-8-13-36)32(56-25)42-14-11-26(47)43(35(42)49)19-50-15-23-9-5-4-6-10-23/h4-6,9-11,14,24-25,27-33H,7-8,12-13,15-19H2,1-3H3,(H,41,48)/t24-,25-,27-,28-,29-,30-,31-,32-,33-/m1/s1. The van der Waals surface area contributed by atoms with E-state index in [1.807, 2.05) is 30.3 Å². The van der Waals surface area contributed by atoms with Crippen molar-refractivity contribution in [3.8, 4) is 0 Å². The first-order valence-electron chi connectivity index (χ1n) is 18.7. The molecule has 2 aromatic rings. The monoisotopic (exact) mass is 891 g/mol. The average Bonchev–Trinajstić information content (AvgIpc) is 3.88. The quantitative estimate of drug-likeness (QED) is 0.164. The number of rotatable bonds is 14. The van der Waals surface area contributed by atoms with Gasteiger partial charge in [-0.3, -0.25) is 23.7 Å². The average molecular weight is 893 g/mol. The number of amides is 1. The first kappa shape index (κ1) is 44.8. The molecule has 4 aliphatic rings. The Morgan fingerprint density at radius 2 is 1.53 bits per heavy atom. The maximum Gasteiger partial charge on any atom is 0.407 e. The third-order valence-electron chi connectivity index (χ3n) is 9.83. The summed E-state index contributed by atoms with van der Waals surface area (Å²) in [6.45, 7) is 1.59. The van der Waals surface area contributed by atoms with Gasteiger partial charge in [0, 0.05) is 45.9 Å². The zero-order valence-corrected chi connectivity index (χ0v) is 34.4. The number of esters is 3. The molecule has 59 heavy (non-hydrogen) atoms. The van der Waals surface area contributed by atoms with Crippen molar-refractivity contribution in [2.45, 2.75) is 125 Å². The van der Waals surface area contributed by atoms with Crippen molar-refractivity contribution in [2.24, 2.45) is 0 Å². The molecule has 1 aliphatic carbocycles. The van der Waals surface area contributed by atoms with Crippen LogP contribution in [0, 0.1) is 0 Å². The molecule has 1 spiro atoms. The number of fused-ring (bicyclic) bond motifs is 1. The second-order valence-corrected chi connectivity index (χ2v) is 16.8. The van der Waals surface area contributed by atoms with Crippen LogP contribution >= 0.6 is 34.8 Å². The van der Waals surface area contributed by atoms with Crippen LogP contribution in [0.4, 0.5) is 4.79 Å². The van der Waals surface area contributed by atoms with Crippen LogP contribution in [-0.2, 0) is 75.1 Å². The molecular weight excluding hydrogens is 849 g/mol. The van der Waals surface area contributed by atoms with Crippen molar-refractivity contribution in [1.82, 2.24) is 14.5 Å². The molecule has 3 saturated heterocycles. The number of carbonyl (C=O) groups is 4. The van der Waals surface area contributed by atoms with Crippen molar-refractivity contribution in [3.63, 3.8) is 0 Å². The van der Waals surface area contributed by atoms with Crippen LogP contribution in [-0.4, -0.2) is 111 Å². The van der Waals surface area contributed by atoms with E-state index >= 15 is 0 Å². The normalized spacial score (nSPS) is 28.5. The molecule has 4 heterocycles. The Bertz CT molecular complexity index is 1940. The number of carbonyl (C=O) groups excluding carboxylic acids is 4. The number of hydrogen-bond donors (Lipinski definition) is 1. The van der Waals surface area contributed by atoms with Gasteiger partial charge in [-0.15, -0.1) is 0 Å². The van der Waals surface area contributed by atoms with Crippen LogP contribution in [0.25, 0.3) is 0 Å². The smallest absolute Gasteiger partial charge is 0.407 e. The van der Waals surface area contributed by atoms with Gasteiger partial charge in [0.05, 0.1) is 13.2 Å². The lowest BCUT2D eigenvalue weighted by Gasteiger charge is -2.45. The molecule has 1 aromatic carbocycles. The Hall–Kier alpha value is -3.79. The van der Waals surface area contributed by atoms with Crippen molar-refractivity contribution in [2.75, 3.05) is 19.8 Å². The topological polar surface area (TPSA) is 217 Å². The molecular formula is C37H44Cl3N3O16. The number of aromatic nitrogens is 2. The Morgan fingerprint density at radius 3 is 2.19 bits per heavy atom. The Balaban J connectivity index is 1.28. The fourth-order valence-corrected chi connectivity index (χ4v) is 7.56. The lowest BCUT2D eigenvalue weighted by atomic mass is 9.96. The molecule has 1 aromatic heterocycles. The fraction of sp³-hybridized carbons (Fsp3) is 0.622. The van der Waals surface area contributed by atoms with Gasteiger partial charge in [-0.05, 0) is 18.4 Å². The summed E-state index contributed by atoms with van der Waals surface area (Å²) in [6.07, 6.45) is -6.61. The van der Waals surface area contributed by atoms with Gasteiger partial charge in [-0.25, -0.2) is 14.2 Å². The number of ether oxygens (including phenoxy) is 10. The van der Waals surface area contributed by atoms with Gasteiger partial charge >= 0.3 is 29.7 Å². The highest BCUT2D eigenvalue weighted by Gasteiger charge is 2.60. The molecule has 0 radical (unpaired) electrons. The Kier molecular flexibility index (Phi) is 14.6. The SMILES string of the molecule is CC(=O)OC[C@H]1O[C@@H](OC[C@H]2O[C@@H](n3ccc(=O)n(COCc4ccccc4)c3=O)[C@@H]3OC4(CCCC4)O[C@@H]32)[C@H](NC(=O)OCC(Cl)(Cl)Cl)[C@@H](OC(C)=O)[C@@H]1OC(C)=O. The van der Waals surface area contributed by atoms with Gasteiger partial charge in [0.25, 0.3) is 5.56 Å². The number of alkyl carbamates (subject to hydrolysis) is 1. The molecule has 6 rings (SSSR count). The van der Waals surface area contributed by atoms with E-state index in [1.165, 1.54) is 16.8 Å². The lowest BCUT2D eigenvalue weighted by molar-refractivity contribution is -0.285. The van der Waals surface area contributed by atoms with E-state index in [2.05, 4.69) is 5.32 Å². The Morgan fingerprint density at radius 1 is 0.847 bits per heavy atom. The summed E-state index contributed by atoms with van der Waals surface area (Å²) >= 11 is 17.3. The maximum absolute atomic E-state index is 13.9. The van der Waals surface area contributed by atoms with Gasteiger partial charge in [0.1, 0.15) is 50.4 Å². The number of benzene rings is 1. The van der Waals surface area contributed by atoms with Gasteiger partial charge in [0.2, 0.25) is 3.79 Å². The van der Waals surface area contributed by atoms with Crippen LogP contribution < -0.4 is 16.6 Å². The van der Waals surface area contributed by atoms with E-state index < -0.39 is 113 Å². The summed E-state index contributed by atoms with van der Waals surface area (Å²) in [5.74, 6) is -3.33. The first-order chi connectivity index (χ1) is 28.0. The number of hydrogen-bond acceptors (Lipinski definition) is 16. The van der Waals surface area contributed by atoms with Crippen LogP contribution in [0.15, 0.2) is 52.2 Å². The largest absolute Gasteiger partial charge is 0.463 e. The highest BCUT2D eigenvalue weighted by Crippen LogP contribution is 2.49. The summed E-state index contributed by atoms with van der Waals surface area (Å²) in [5, 5.41) is 2.48. The van der Waals surface area contributed by atoms with Gasteiger partial charge in [-0.2, -0.15) is 0 Å². The van der Waals surface area contributed by atoms with Crippen LogP contribution in [0.3, 0.4) is 0 Å². The van der Waals surface area contributed by atoms with Crippen molar-refractivity contribution in [3.05, 3.63) is 69.0 Å². The summed E-state index contributed by atoms with van der Waals surface area (Å²) in [7, 11) is 0. The third kappa shape index (κ3) is 11.3. The fourth-order valence-electron chi connectivity index (χ4n) is 7.39. The van der Waals surface area contributed by atoms with E-state index in [4.69, 9.17) is 82.2 Å². The summed E-state index contributed by atoms with van der Waals surface area (Å²) in [4.78, 5) is 76.5. The van der Waals surface area contributed by atoms with Crippen LogP contribution in [0.5, 0.6) is 0 Å². The highest BCUT2D eigenvalue weighted by atomic mass is 35.6. The molecule has 1 N–H and O–H groups in total. The van der Waals surface area contributed by atoms with Crippen molar-refractivity contribution < 1.29 is 66.5 Å². The van der Waals surface area contributed by atoms with E-state index in [-0.39, 0.29) is 19.9 Å². The minimum Gasteiger partial charge on any atom is -0.463 e. The number of halogens is 3. The van der Waals surface area contributed by atoms with Crippen molar-refractivity contribution in [1.29, 1.82) is 0 Å². The Labute approximate surface area is 352 Å². The predicted octanol–water partition coefficient (Wildman–Crippen LogP) is 2.77. The molecule has 0 bridgehead atoms. The molecule has 19 nitrogen and oxygen atoms in total. The summed E-state index contributed by atoms with van der Waals surface area (Å²) < 4.78 is 59.1. The summed E-state index contributed by atoms with van der Waals surface area (Å²) in [6, 6.07) is 8.97. The molecule has 324 valence electrons. The van der Waals surface area contributed by atoms with E-state index in [1.54, 1.807) is 0 Å². The number of nitrogens with one attached hydrogen (secondary N) is 1. The number of alkyl halides is 3. The maximum atomic E-state index is 13.9. The minimum atomic E-state index is -1.99. The van der Waals surface area contributed by atoms with Crippen LogP contribution in [0.1, 0.15) is 58.2 Å². The van der Waals surface area contributed by atoms with E-state index in [0.717, 1.165) is 43.7 Å². The van der Waals surface area contributed by atoms with E-state index in [9.17, 15) is 28.8 Å². The predicted molar refractivity (Wildman–Crippen MR) is 202 cm³/mol. The van der Waals surface area contributed by atoms with Crippen molar-refractivity contribution >= 4 is 58.8 Å². The molecule has 1 amide bonds.